The summed E-state index contributed by atoms with van der Waals surface area (Å²) in [5.41, 5.74) is 5.61. The lowest BCUT2D eigenvalue weighted by Crippen LogP contribution is -2.38. The van der Waals surface area contributed by atoms with E-state index in [2.05, 4.69) is 9.55 Å². The lowest BCUT2D eigenvalue weighted by molar-refractivity contribution is 0.0699. The van der Waals surface area contributed by atoms with Gasteiger partial charge in [-0.1, -0.05) is 0 Å². The summed E-state index contributed by atoms with van der Waals surface area (Å²) in [5, 5.41) is 1.63. The Labute approximate surface area is 126 Å². The van der Waals surface area contributed by atoms with Gasteiger partial charge in [-0.05, 0) is 18.9 Å². The van der Waals surface area contributed by atoms with E-state index < -0.39 is 5.91 Å². The van der Waals surface area contributed by atoms with Gasteiger partial charge in [-0.15, -0.1) is 11.3 Å². The zero-order valence-electron chi connectivity index (χ0n) is 11.4. The van der Waals surface area contributed by atoms with Crippen LogP contribution in [0.15, 0.2) is 30.2 Å². The molecule has 2 aromatic rings. The van der Waals surface area contributed by atoms with Crippen LogP contribution in [0, 0.1) is 0 Å². The van der Waals surface area contributed by atoms with E-state index in [0.29, 0.717) is 29.6 Å². The number of hydrogen-bond donors (Lipinski definition) is 1. The number of carbonyl (C=O) groups excluding carboxylic acids is 2. The number of thiophene rings is 1. The van der Waals surface area contributed by atoms with E-state index in [1.165, 1.54) is 11.3 Å². The zero-order valence-corrected chi connectivity index (χ0v) is 12.3. The number of imidazole rings is 1. The van der Waals surface area contributed by atoms with Crippen molar-refractivity contribution in [1.82, 2.24) is 14.5 Å². The van der Waals surface area contributed by atoms with Crippen LogP contribution in [0.1, 0.15) is 38.9 Å². The van der Waals surface area contributed by atoms with Crippen LogP contribution < -0.4 is 5.73 Å². The van der Waals surface area contributed by atoms with Crippen LogP contribution in [-0.4, -0.2) is 39.4 Å². The average molecular weight is 304 g/mol. The zero-order chi connectivity index (χ0) is 14.8. The van der Waals surface area contributed by atoms with Crippen molar-refractivity contribution in [2.24, 2.45) is 5.73 Å². The fraction of sp³-hybridized carbons (Fsp3) is 0.357. The number of piperidine rings is 1. The first-order valence-corrected chi connectivity index (χ1v) is 7.68. The summed E-state index contributed by atoms with van der Waals surface area (Å²) >= 11 is 1.27. The molecule has 2 N–H and O–H groups in total. The number of nitrogens with two attached hydrogens (primary N) is 1. The standard InChI is InChI=1S/C14H16N4O2S/c15-13(19)10-7-12(21-8-10)14(20)17-4-1-11(2-5-17)18-6-3-16-9-18/h3,6-9,11H,1-2,4-5H2,(H2,15,19). The maximum Gasteiger partial charge on any atom is 0.263 e. The number of hydrogen-bond acceptors (Lipinski definition) is 4. The molecule has 1 aliphatic heterocycles. The van der Waals surface area contributed by atoms with Crippen molar-refractivity contribution in [2.75, 3.05) is 13.1 Å². The molecule has 7 heteroatoms. The Morgan fingerprint density at radius 3 is 2.67 bits per heavy atom. The fourth-order valence-electron chi connectivity index (χ4n) is 2.59. The third-order valence-electron chi connectivity index (χ3n) is 3.79. The molecule has 0 saturated carbocycles. The van der Waals surface area contributed by atoms with Gasteiger partial charge in [0.2, 0.25) is 5.91 Å². The number of amides is 2. The average Bonchev–Trinajstić information content (AvgIpc) is 3.18. The number of rotatable bonds is 3. The van der Waals surface area contributed by atoms with E-state index in [0.717, 1.165) is 12.8 Å². The molecule has 1 fully saturated rings. The van der Waals surface area contributed by atoms with Gasteiger partial charge in [0.1, 0.15) is 0 Å². The topological polar surface area (TPSA) is 81.2 Å². The molecule has 1 aliphatic rings. The Balaban J connectivity index is 1.63. The van der Waals surface area contributed by atoms with Gasteiger partial charge in [0, 0.05) is 36.9 Å². The van der Waals surface area contributed by atoms with E-state index in [1.54, 1.807) is 17.6 Å². The third-order valence-corrected chi connectivity index (χ3v) is 4.71. The maximum absolute atomic E-state index is 12.4. The quantitative estimate of drug-likeness (QED) is 0.933. The van der Waals surface area contributed by atoms with Crippen molar-refractivity contribution >= 4 is 23.2 Å². The molecule has 2 aromatic heterocycles. The Bertz CT molecular complexity index is 642. The van der Waals surface area contributed by atoms with Crippen molar-refractivity contribution in [3.8, 4) is 0 Å². The van der Waals surface area contributed by atoms with Crippen molar-refractivity contribution in [3.63, 3.8) is 0 Å². The van der Waals surface area contributed by atoms with Gasteiger partial charge in [-0.3, -0.25) is 9.59 Å². The molecule has 0 aliphatic carbocycles. The Morgan fingerprint density at radius 1 is 1.33 bits per heavy atom. The molecule has 0 radical (unpaired) electrons. The molecule has 3 heterocycles. The van der Waals surface area contributed by atoms with Gasteiger partial charge in [-0.2, -0.15) is 0 Å². The van der Waals surface area contributed by atoms with Gasteiger partial charge in [0.15, 0.2) is 0 Å². The highest BCUT2D eigenvalue weighted by Crippen LogP contribution is 2.24. The summed E-state index contributed by atoms with van der Waals surface area (Å²) in [4.78, 5) is 29.9. The second-order valence-corrected chi connectivity index (χ2v) is 6.01. The summed E-state index contributed by atoms with van der Waals surface area (Å²) in [6, 6.07) is 1.98. The van der Waals surface area contributed by atoms with E-state index in [9.17, 15) is 9.59 Å². The minimum absolute atomic E-state index is 0.0171. The molecule has 21 heavy (non-hydrogen) atoms. The molecule has 0 bridgehead atoms. The SMILES string of the molecule is NC(=O)c1csc(C(=O)N2CCC(n3ccnc3)CC2)c1. The van der Waals surface area contributed by atoms with E-state index >= 15 is 0 Å². The summed E-state index contributed by atoms with van der Waals surface area (Å²) in [7, 11) is 0. The second-order valence-electron chi connectivity index (χ2n) is 5.10. The highest BCUT2D eigenvalue weighted by molar-refractivity contribution is 7.12. The third kappa shape index (κ3) is 2.82. The van der Waals surface area contributed by atoms with Crippen LogP contribution in [0.25, 0.3) is 0 Å². The number of aromatic nitrogens is 2. The number of carbonyl (C=O) groups is 2. The van der Waals surface area contributed by atoms with E-state index in [4.69, 9.17) is 5.73 Å². The molecule has 0 spiro atoms. The van der Waals surface area contributed by atoms with E-state index in [-0.39, 0.29) is 5.91 Å². The summed E-state index contributed by atoms with van der Waals surface area (Å²) < 4.78 is 2.10. The van der Waals surface area contributed by atoms with Crippen molar-refractivity contribution in [2.45, 2.75) is 18.9 Å². The molecule has 1 saturated heterocycles. The predicted molar refractivity (Wildman–Crippen MR) is 79.2 cm³/mol. The Hall–Kier alpha value is -2.15. The highest BCUT2D eigenvalue weighted by Gasteiger charge is 2.25. The minimum atomic E-state index is -0.496. The molecule has 3 rings (SSSR count). The lowest BCUT2D eigenvalue weighted by atomic mass is 10.0. The van der Waals surface area contributed by atoms with Crippen LogP contribution in [0.3, 0.4) is 0 Å². The lowest BCUT2D eigenvalue weighted by Gasteiger charge is -2.32. The van der Waals surface area contributed by atoms with Gasteiger partial charge < -0.3 is 15.2 Å². The first kappa shape index (κ1) is 13.8. The molecule has 0 atom stereocenters. The van der Waals surface area contributed by atoms with E-state index in [1.807, 2.05) is 17.4 Å². The summed E-state index contributed by atoms with van der Waals surface area (Å²) in [6.07, 6.45) is 7.38. The van der Waals surface area contributed by atoms with Crippen molar-refractivity contribution < 1.29 is 9.59 Å². The maximum atomic E-state index is 12.4. The van der Waals surface area contributed by atoms with Crippen molar-refractivity contribution in [1.29, 1.82) is 0 Å². The smallest absolute Gasteiger partial charge is 0.263 e. The highest BCUT2D eigenvalue weighted by atomic mass is 32.1. The normalized spacial score (nSPS) is 16.1. The summed E-state index contributed by atoms with van der Waals surface area (Å²) in [6.45, 7) is 1.43. The molecule has 110 valence electrons. The second kappa shape index (κ2) is 5.69. The molecular formula is C14H16N4O2S. The molecule has 2 amide bonds. The molecular weight excluding hydrogens is 288 g/mol. The fourth-order valence-corrected chi connectivity index (χ4v) is 3.45. The monoisotopic (exact) mass is 304 g/mol. The van der Waals surface area contributed by atoms with Crippen LogP contribution >= 0.6 is 11.3 Å². The number of nitrogens with zero attached hydrogens (tertiary/aromatic N) is 3. The van der Waals surface area contributed by atoms with Crippen LogP contribution in [0.4, 0.5) is 0 Å². The first-order valence-electron chi connectivity index (χ1n) is 6.80. The summed E-state index contributed by atoms with van der Waals surface area (Å²) in [5.74, 6) is -0.513. The van der Waals surface area contributed by atoms with Gasteiger partial charge in [0.25, 0.3) is 5.91 Å². The van der Waals surface area contributed by atoms with Gasteiger partial charge >= 0.3 is 0 Å². The van der Waals surface area contributed by atoms with Crippen LogP contribution in [0.5, 0.6) is 0 Å². The van der Waals surface area contributed by atoms with Gasteiger partial charge in [-0.25, -0.2) is 4.98 Å². The minimum Gasteiger partial charge on any atom is -0.366 e. The first-order chi connectivity index (χ1) is 10.1. The molecule has 0 aromatic carbocycles. The van der Waals surface area contributed by atoms with Crippen molar-refractivity contribution in [3.05, 3.63) is 40.6 Å². The Kier molecular flexibility index (Phi) is 3.74. The largest absolute Gasteiger partial charge is 0.366 e. The van der Waals surface area contributed by atoms with Gasteiger partial charge in [0.05, 0.1) is 16.8 Å². The number of primary amides is 1. The van der Waals surface area contributed by atoms with Crippen LogP contribution in [0.2, 0.25) is 0 Å². The number of likely N-dealkylation sites (tertiary alicyclic amines) is 1. The molecule has 0 unspecified atom stereocenters. The predicted octanol–water partition coefficient (Wildman–Crippen LogP) is 1.52. The molecule has 6 nitrogen and oxygen atoms in total. The van der Waals surface area contributed by atoms with Crippen LogP contribution in [-0.2, 0) is 0 Å². The Morgan fingerprint density at radius 2 is 2.10 bits per heavy atom.